The Bertz CT molecular complexity index is 436. The monoisotopic (exact) mass is 280 g/mol. The van der Waals surface area contributed by atoms with Gasteiger partial charge in [-0.1, -0.05) is 19.1 Å². The molecule has 0 spiro atoms. The Labute approximate surface area is 120 Å². The van der Waals surface area contributed by atoms with Gasteiger partial charge < -0.3 is 20.5 Å². The number of benzene rings is 1. The molecule has 0 aliphatic rings. The van der Waals surface area contributed by atoms with Crippen LogP contribution in [-0.4, -0.2) is 25.2 Å². The molecule has 0 aliphatic carbocycles. The maximum absolute atomic E-state index is 11.9. The number of amides is 1. The average molecular weight is 280 g/mol. The fraction of sp³-hybridized carbons (Fsp3) is 0.533. The van der Waals surface area contributed by atoms with Crippen molar-refractivity contribution < 1.29 is 14.3 Å². The van der Waals surface area contributed by atoms with Gasteiger partial charge in [-0.25, -0.2) is 0 Å². The van der Waals surface area contributed by atoms with Crippen LogP contribution < -0.4 is 20.5 Å². The van der Waals surface area contributed by atoms with E-state index in [1.165, 1.54) is 0 Å². The molecule has 0 radical (unpaired) electrons. The minimum Gasteiger partial charge on any atom is -0.493 e. The highest BCUT2D eigenvalue weighted by molar-refractivity contribution is 5.78. The van der Waals surface area contributed by atoms with Gasteiger partial charge in [0.05, 0.1) is 7.11 Å². The third-order valence-electron chi connectivity index (χ3n) is 3.21. The summed E-state index contributed by atoms with van der Waals surface area (Å²) < 4.78 is 10.8. The molecule has 0 aliphatic heterocycles. The van der Waals surface area contributed by atoms with Crippen LogP contribution in [0.2, 0.25) is 0 Å². The summed E-state index contributed by atoms with van der Waals surface area (Å²) in [5, 5.41) is 2.92. The first-order chi connectivity index (χ1) is 9.43. The van der Waals surface area contributed by atoms with E-state index in [-0.39, 0.29) is 18.1 Å². The summed E-state index contributed by atoms with van der Waals surface area (Å²) in [6.07, 6.45) is 0.849. The standard InChI is InChI=1S/C15H24N2O3/c1-5-15(2,3)17-13(18)10-20-14-11(9-16)7-6-8-12(14)19-4/h6-8H,5,9-10,16H2,1-4H3,(H,17,18). The molecule has 20 heavy (non-hydrogen) atoms. The van der Waals surface area contributed by atoms with Crippen LogP contribution in [0.4, 0.5) is 0 Å². The average Bonchev–Trinajstić information content (AvgIpc) is 2.44. The smallest absolute Gasteiger partial charge is 0.258 e. The molecule has 1 aromatic carbocycles. The fourth-order valence-corrected chi connectivity index (χ4v) is 1.69. The number of hydrogen-bond donors (Lipinski definition) is 2. The molecule has 1 amide bonds. The summed E-state index contributed by atoms with van der Waals surface area (Å²) in [7, 11) is 1.56. The van der Waals surface area contributed by atoms with E-state index in [0.29, 0.717) is 18.0 Å². The summed E-state index contributed by atoms with van der Waals surface area (Å²) in [4.78, 5) is 11.9. The zero-order chi connectivity index (χ0) is 15.2. The lowest BCUT2D eigenvalue weighted by Crippen LogP contribution is -2.44. The van der Waals surface area contributed by atoms with Gasteiger partial charge in [-0.05, 0) is 26.3 Å². The highest BCUT2D eigenvalue weighted by Crippen LogP contribution is 2.30. The van der Waals surface area contributed by atoms with Gasteiger partial charge in [0, 0.05) is 17.6 Å². The molecule has 0 bridgehead atoms. The number of nitrogens with one attached hydrogen (secondary N) is 1. The van der Waals surface area contributed by atoms with Crippen LogP contribution >= 0.6 is 0 Å². The van der Waals surface area contributed by atoms with Crippen molar-refractivity contribution in [2.45, 2.75) is 39.3 Å². The molecule has 0 unspecified atom stereocenters. The Morgan fingerprint density at radius 1 is 1.40 bits per heavy atom. The number of carbonyl (C=O) groups excluding carboxylic acids is 1. The van der Waals surface area contributed by atoms with E-state index in [1.54, 1.807) is 13.2 Å². The summed E-state index contributed by atoms with van der Waals surface area (Å²) in [6.45, 7) is 6.23. The molecule has 0 atom stereocenters. The van der Waals surface area contributed by atoms with Crippen molar-refractivity contribution in [2.24, 2.45) is 5.73 Å². The zero-order valence-corrected chi connectivity index (χ0v) is 12.7. The fourth-order valence-electron chi connectivity index (χ4n) is 1.69. The van der Waals surface area contributed by atoms with E-state index in [4.69, 9.17) is 15.2 Å². The number of hydrogen-bond acceptors (Lipinski definition) is 4. The van der Waals surface area contributed by atoms with Crippen LogP contribution in [0.15, 0.2) is 18.2 Å². The number of ether oxygens (including phenoxy) is 2. The molecule has 5 heteroatoms. The van der Waals surface area contributed by atoms with E-state index in [0.717, 1.165) is 12.0 Å². The summed E-state index contributed by atoms with van der Waals surface area (Å²) in [5.41, 5.74) is 6.24. The number of nitrogens with two attached hydrogens (primary N) is 1. The van der Waals surface area contributed by atoms with Crippen LogP contribution in [0.25, 0.3) is 0 Å². The third kappa shape index (κ3) is 4.42. The van der Waals surface area contributed by atoms with Crippen molar-refractivity contribution in [3.8, 4) is 11.5 Å². The Balaban J connectivity index is 2.72. The van der Waals surface area contributed by atoms with Gasteiger partial charge in [-0.3, -0.25) is 4.79 Å². The van der Waals surface area contributed by atoms with Crippen molar-refractivity contribution in [1.82, 2.24) is 5.32 Å². The molecule has 0 aromatic heterocycles. The third-order valence-corrected chi connectivity index (χ3v) is 3.21. The van der Waals surface area contributed by atoms with Gasteiger partial charge in [0.15, 0.2) is 18.1 Å². The molecule has 5 nitrogen and oxygen atoms in total. The van der Waals surface area contributed by atoms with Gasteiger partial charge in [-0.2, -0.15) is 0 Å². The van der Waals surface area contributed by atoms with Gasteiger partial charge in [0.2, 0.25) is 0 Å². The van der Waals surface area contributed by atoms with Crippen LogP contribution in [0, 0.1) is 0 Å². The van der Waals surface area contributed by atoms with Crippen molar-refractivity contribution in [3.63, 3.8) is 0 Å². The number of rotatable bonds is 7. The van der Waals surface area contributed by atoms with Crippen molar-refractivity contribution in [1.29, 1.82) is 0 Å². The number of para-hydroxylation sites is 1. The zero-order valence-electron chi connectivity index (χ0n) is 12.7. The summed E-state index contributed by atoms with van der Waals surface area (Å²) in [5.74, 6) is 0.947. The predicted molar refractivity (Wildman–Crippen MR) is 78.9 cm³/mol. The Kier molecular flexibility index (Phi) is 5.82. The van der Waals surface area contributed by atoms with E-state index >= 15 is 0 Å². The van der Waals surface area contributed by atoms with Crippen LogP contribution in [-0.2, 0) is 11.3 Å². The Hall–Kier alpha value is -1.75. The molecule has 112 valence electrons. The van der Waals surface area contributed by atoms with Crippen LogP contribution in [0.1, 0.15) is 32.8 Å². The molecule has 0 saturated carbocycles. The first-order valence-electron chi connectivity index (χ1n) is 6.73. The number of carbonyl (C=O) groups is 1. The topological polar surface area (TPSA) is 73.6 Å². The minimum absolute atomic E-state index is 0.0587. The second kappa shape index (κ2) is 7.14. The number of methoxy groups -OCH3 is 1. The highest BCUT2D eigenvalue weighted by Gasteiger charge is 2.19. The predicted octanol–water partition coefficient (Wildman–Crippen LogP) is 1.84. The molecule has 1 aromatic rings. The van der Waals surface area contributed by atoms with Gasteiger partial charge >= 0.3 is 0 Å². The van der Waals surface area contributed by atoms with E-state index in [1.807, 2.05) is 32.9 Å². The van der Waals surface area contributed by atoms with E-state index in [2.05, 4.69) is 5.32 Å². The van der Waals surface area contributed by atoms with Gasteiger partial charge in [-0.15, -0.1) is 0 Å². The molecule has 1 rings (SSSR count). The molecular formula is C15H24N2O3. The Morgan fingerprint density at radius 3 is 2.65 bits per heavy atom. The molecular weight excluding hydrogens is 256 g/mol. The molecule has 0 heterocycles. The largest absolute Gasteiger partial charge is 0.493 e. The molecule has 3 N–H and O–H groups in total. The van der Waals surface area contributed by atoms with Crippen molar-refractivity contribution >= 4 is 5.91 Å². The second-order valence-corrected chi connectivity index (χ2v) is 5.23. The van der Waals surface area contributed by atoms with E-state index < -0.39 is 0 Å². The van der Waals surface area contributed by atoms with Gasteiger partial charge in [0.1, 0.15) is 0 Å². The van der Waals surface area contributed by atoms with Crippen LogP contribution in [0.5, 0.6) is 11.5 Å². The van der Waals surface area contributed by atoms with E-state index in [9.17, 15) is 4.79 Å². The lowest BCUT2D eigenvalue weighted by Gasteiger charge is -2.24. The minimum atomic E-state index is -0.238. The van der Waals surface area contributed by atoms with Crippen molar-refractivity contribution in [3.05, 3.63) is 23.8 Å². The quantitative estimate of drug-likeness (QED) is 0.799. The maximum atomic E-state index is 11.9. The Morgan fingerprint density at radius 2 is 2.10 bits per heavy atom. The summed E-state index contributed by atoms with van der Waals surface area (Å²) in [6, 6.07) is 5.47. The van der Waals surface area contributed by atoms with Crippen LogP contribution in [0.3, 0.4) is 0 Å². The molecule has 0 fully saturated rings. The highest BCUT2D eigenvalue weighted by atomic mass is 16.5. The summed E-state index contributed by atoms with van der Waals surface area (Å²) >= 11 is 0. The van der Waals surface area contributed by atoms with Gasteiger partial charge in [0.25, 0.3) is 5.91 Å². The molecule has 0 saturated heterocycles. The maximum Gasteiger partial charge on any atom is 0.258 e. The second-order valence-electron chi connectivity index (χ2n) is 5.23. The lowest BCUT2D eigenvalue weighted by atomic mass is 10.0. The first kappa shape index (κ1) is 16.3. The lowest BCUT2D eigenvalue weighted by molar-refractivity contribution is -0.124. The first-order valence-corrected chi connectivity index (χ1v) is 6.73. The van der Waals surface area contributed by atoms with Crippen molar-refractivity contribution in [2.75, 3.05) is 13.7 Å². The normalized spacial score (nSPS) is 11.1. The SMILES string of the molecule is CCC(C)(C)NC(=O)COc1c(CN)cccc1OC.